The van der Waals surface area contributed by atoms with Gasteiger partial charge in [0.15, 0.2) is 0 Å². The van der Waals surface area contributed by atoms with Crippen molar-refractivity contribution in [1.29, 1.82) is 0 Å². The highest BCUT2D eigenvalue weighted by atomic mass is 32.2. The molecule has 2 aliphatic heterocycles. The Hall–Kier alpha value is -1.08. The Bertz CT molecular complexity index is 583. The van der Waals surface area contributed by atoms with Crippen LogP contribution in [0.15, 0.2) is 29.2 Å². The fourth-order valence-electron chi connectivity index (χ4n) is 4.04. The van der Waals surface area contributed by atoms with Gasteiger partial charge < -0.3 is 10.2 Å². The van der Waals surface area contributed by atoms with Gasteiger partial charge in [-0.1, -0.05) is 12.1 Å². The molecule has 6 heteroatoms. The van der Waals surface area contributed by atoms with Gasteiger partial charge in [-0.15, -0.1) is 11.8 Å². The number of thioether (sulfide) groups is 1. The molecule has 2 N–H and O–H groups in total. The summed E-state index contributed by atoms with van der Waals surface area (Å²) in [5.74, 6) is -0.543. The standard InChI is InChI=1S/C17H24N2O3S/c1-23-15-4-2-3-13(7-15)8-19-10-14-9-18(5-6-20)11-17(14,12-19)16(21)22/h2-4,7,14,20H,5-6,8-12H2,1H3,(H,21,22)/t14-,17-/m1/s1. The lowest BCUT2D eigenvalue weighted by Gasteiger charge is -2.25. The highest BCUT2D eigenvalue weighted by Crippen LogP contribution is 2.43. The third-order valence-electron chi connectivity index (χ3n) is 5.13. The summed E-state index contributed by atoms with van der Waals surface area (Å²) < 4.78 is 0. The van der Waals surface area contributed by atoms with Gasteiger partial charge in [-0.2, -0.15) is 0 Å². The number of aliphatic carboxylic acids is 1. The number of β-amino-alcohol motifs (C(OH)–C–C–N with tert-alkyl or cyclic N) is 1. The number of hydrogen-bond donors (Lipinski definition) is 2. The van der Waals surface area contributed by atoms with Crippen LogP contribution in [-0.2, 0) is 11.3 Å². The van der Waals surface area contributed by atoms with Gasteiger partial charge in [0.1, 0.15) is 0 Å². The second-order valence-corrected chi connectivity index (χ2v) is 7.52. The summed E-state index contributed by atoms with van der Waals surface area (Å²) in [5.41, 5.74) is 0.566. The Morgan fingerprint density at radius 2 is 2.09 bits per heavy atom. The molecule has 0 unspecified atom stereocenters. The number of nitrogens with zero attached hydrogens (tertiary/aromatic N) is 2. The van der Waals surface area contributed by atoms with Crippen LogP contribution in [0.25, 0.3) is 0 Å². The predicted molar refractivity (Wildman–Crippen MR) is 90.6 cm³/mol. The fourth-order valence-corrected chi connectivity index (χ4v) is 4.52. The molecule has 1 aromatic carbocycles. The topological polar surface area (TPSA) is 64.0 Å². The molecule has 5 nitrogen and oxygen atoms in total. The Labute approximate surface area is 141 Å². The summed E-state index contributed by atoms with van der Waals surface area (Å²) in [4.78, 5) is 17.5. The highest BCUT2D eigenvalue weighted by molar-refractivity contribution is 7.98. The van der Waals surface area contributed by atoms with Gasteiger partial charge >= 0.3 is 5.97 Å². The van der Waals surface area contributed by atoms with Gasteiger partial charge in [0.25, 0.3) is 0 Å². The van der Waals surface area contributed by atoms with E-state index in [4.69, 9.17) is 5.11 Å². The van der Waals surface area contributed by atoms with Gasteiger partial charge in [0.05, 0.1) is 12.0 Å². The number of hydrogen-bond acceptors (Lipinski definition) is 5. The number of benzene rings is 1. The van der Waals surface area contributed by atoms with Gasteiger partial charge in [0.2, 0.25) is 0 Å². The van der Waals surface area contributed by atoms with Crippen molar-refractivity contribution in [2.45, 2.75) is 11.4 Å². The number of aliphatic hydroxyl groups is 1. The van der Waals surface area contributed by atoms with E-state index in [1.807, 2.05) is 0 Å². The zero-order valence-corrected chi connectivity index (χ0v) is 14.3. The van der Waals surface area contributed by atoms with Crippen LogP contribution in [0.4, 0.5) is 0 Å². The van der Waals surface area contributed by atoms with Gasteiger partial charge in [-0.05, 0) is 24.0 Å². The SMILES string of the molecule is CSc1cccc(CN2C[C@H]3CN(CCO)C[C@@]3(C(=O)O)C2)c1. The van der Waals surface area contributed by atoms with Crippen LogP contribution in [0.5, 0.6) is 0 Å². The lowest BCUT2D eigenvalue weighted by molar-refractivity contribution is -0.149. The first-order valence-electron chi connectivity index (χ1n) is 7.99. The van der Waals surface area contributed by atoms with Crippen LogP contribution < -0.4 is 0 Å². The van der Waals surface area contributed by atoms with Crippen LogP contribution in [-0.4, -0.2) is 71.6 Å². The van der Waals surface area contributed by atoms with Crippen LogP contribution in [0.2, 0.25) is 0 Å². The number of likely N-dealkylation sites (tertiary alicyclic amines) is 2. The molecular formula is C17H24N2O3S. The van der Waals surface area contributed by atoms with E-state index >= 15 is 0 Å². The maximum atomic E-state index is 11.9. The molecule has 2 fully saturated rings. The van der Waals surface area contributed by atoms with Crippen molar-refractivity contribution < 1.29 is 15.0 Å². The molecular weight excluding hydrogens is 312 g/mol. The average Bonchev–Trinajstić information content (AvgIpc) is 3.02. The number of carboxylic acids is 1. The van der Waals surface area contributed by atoms with E-state index in [9.17, 15) is 9.90 Å². The van der Waals surface area contributed by atoms with Crippen molar-refractivity contribution >= 4 is 17.7 Å². The smallest absolute Gasteiger partial charge is 0.312 e. The summed E-state index contributed by atoms with van der Waals surface area (Å²) in [6, 6.07) is 8.45. The van der Waals surface area contributed by atoms with E-state index in [1.165, 1.54) is 10.5 Å². The molecule has 2 atom stereocenters. The molecule has 0 saturated carbocycles. The zero-order chi connectivity index (χ0) is 16.4. The quantitative estimate of drug-likeness (QED) is 0.762. The predicted octanol–water partition coefficient (Wildman–Crippen LogP) is 1.22. The molecule has 0 aliphatic carbocycles. The third-order valence-corrected chi connectivity index (χ3v) is 5.86. The molecule has 0 radical (unpaired) electrons. The van der Waals surface area contributed by atoms with Gasteiger partial charge in [-0.3, -0.25) is 14.6 Å². The summed E-state index contributed by atoms with van der Waals surface area (Å²) in [6.07, 6.45) is 2.06. The van der Waals surface area contributed by atoms with Crippen LogP contribution in [0.1, 0.15) is 5.56 Å². The van der Waals surface area contributed by atoms with Gasteiger partial charge in [0, 0.05) is 50.1 Å². The summed E-state index contributed by atoms with van der Waals surface area (Å²) >= 11 is 1.72. The molecule has 3 rings (SSSR count). The molecule has 1 aromatic rings. The fraction of sp³-hybridized carbons (Fsp3) is 0.588. The van der Waals surface area contributed by atoms with Gasteiger partial charge in [-0.25, -0.2) is 0 Å². The zero-order valence-electron chi connectivity index (χ0n) is 13.4. The minimum Gasteiger partial charge on any atom is -0.481 e. The average molecular weight is 336 g/mol. The molecule has 126 valence electrons. The maximum Gasteiger partial charge on any atom is 0.312 e. The van der Waals surface area contributed by atoms with Crippen molar-refractivity contribution in [1.82, 2.24) is 9.80 Å². The molecule has 0 spiro atoms. The molecule has 0 amide bonds. The summed E-state index contributed by atoms with van der Waals surface area (Å²) in [7, 11) is 0. The minimum atomic E-state index is -0.691. The van der Waals surface area contributed by atoms with Crippen molar-refractivity contribution in [3.05, 3.63) is 29.8 Å². The summed E-state index contributed by atoms with van der Waals surface area (Å²) in [6.45, 7) is 4.20. The molecule has 2 aliphatic rings. The molecule has 0 bridgehead atoms. The van der Waals surface area contributed by atoms with E-state index < -0.39 is 11.4 Å². The number of aliphatic hydroxyl groups excluding tert-OH is 1. The van der Waals surface area contributed by atoms with Crippen molar-refractivity contribution in [2.75, 3.05) is 45.6 Å². The Morgan fingerprint density at radius 3 is 2.74 bits per heavy atom. The minimum absolute atomic E-state index is 0.0909. The maximum absolute atomic E-state index is 11.9. The molecule has 23 heavy (non-hydrogen) atoms. The largest absolute Gasteiger partial charge is 0.481 e. The van der Waals surface area contributed by atoms with Crippen LogP contribution >= 0.6 is 11.8 Å². The van der Waals surface area contributed by atoms with Crippen LogP contribution in [0, 0.1) is 11.3 Å². The van der Waals surface area contributed by atoms with E-state index in [1.54, 1.807) is 11.8 Å². The normalized spacial score (nSPS) is 28.2. The van der Waals surface area contributed by atoms with E-state index in [-0.39, 0.29) is 12.5 Å². The van der Waals surface area contributed by atoms with E-state index in [2.05, 4.69) is 40.3 Å². The van der Waals surface area contributed by atoms with Crippen molar-refractivity contribution in [2.24, 2.45) is 11.3 Å². The Balaban J connectivity index is 1.70. The highest BCUT2D eigenvalue weighted by Gasteiger charge is 2.57. The lowest BCUT2D eigenvalue weighted by Crippen LogP contribution is -2.41. The van der Waals surface area contributed by atoms with Crippen LogP contribution in [0.3, 0.4) is 0 Å². The second kappa shape index (κ2) is 6.81. The number of carboxylic acid groups (broad SMARTS) is 1. The number of rotatable bonds is 6. The third kappa shape index (κ3) is 3.26. The molecule has 2 saturated heterocycles. The second-order valence-electron chi connectivity index (χ2n) is 6.64. The lowest BCUT2D eigenvalue weighted by atomic mass is 9.81. The first-order chi connectivity index (χ1) is 11.1. The Kier molecular flexibility index (Phi) is 4.96. The number of carbonyl (C=O) groups is 1. The molecule has 0 aromatic heterocycles. The molecule has 2 heterocycles. The van der Waals surface area contributed by atoms with Crippen molar-refractivity contribution in [3.63, 3.8) is 0 Å². The number of fused-ring (bicyclic) bond motifs is 1. The summed E-state index contributed by atoms with van der Waals surface area (Å²) in [5, 5.41) is 18.9. The first kappa shape index (κ1) is 16.8. The van der Waals surface area contributed by atoms with E-state index in [0.29, 0.717) is 19.6 Å². The first-order valence-corrected chi connectivity index (χ1v) is 9.22. The Morgan fingerprint density at radius 1 is 1.35 bits per heavy atom. The van der Waals surface area contributed by atoms with E-state index in [0.717, 1.165) is 19.6 Å². The monoisotopic (exact) mass is 336 g/mol. The van der Waals surface area contributed by atoms with Crippen molar-refractivity contribution in [3.8, 4) is 0 Å².